The van der Waals surface area contributed by atoms with Crippen LogP contribution in [0.1, 0.15) is 17.7 Å². The van der Waals surface area contributed by atoms with E-state index in [2.05, 4.69) is 15.5 Å². The molecule has 1 saturated heterocycles. The molecule has 7 nitrogen and oxygen atoms in total. The van der Waals surface area contributed by atoms with Crippen LogP contribution in [0.15, 0.2) is 52.1 Å². The van der Waals surface area contributed by atoms with Gasteiger partial charge in [0.2, 0.25) is 0 Å². The fraction of sp³-hybridized carbons (Fsp3) is 0.500. The van der Waals surface area contributed by atoms with Gasteiger partial charge in [-0.25, -0.2) is 4.99 Å². The van der Waals surface area contributed by atoms with Crippen LogP contribution in [-0.2, 0) is 17.7 Å². The van der Waals surface area contributed by atoms with E-state index in [0.29, 0.717) is 6.54 Å². The second kappa shape index (κ2) is 12.1. The van der Waals surface area contributed by atoms with Crippen molar-refractivity contribution in [3.05, 3.63) is 54.0 Å². The first-order valence-corrected chi connectivity index (χ1v) is 10.3. The Bertz CT molecular complexity index is 710. The number of benzene rings is 1. The molecule has 0 radical (unpaired) electrons. The smallest absolute Gasteiger partial charge is 0.191 e. The zero-order chi connectivity index (χ0) is 20.2. The highest BCUT2D eigenvalue weighted by molar-refractivity contribution is 5.79. The molecule has 0 bridgehead atoms. The molecule has 2 heterocycles. The maximum atomic E-state index is 5.41. The summed E-state index contributed by atoms with van der Waals surface area (Å²) in [6.45, 7) is 7.09. The fourth-order valence-corrected chi connectivity index (χ4v) is 3.17. The van der Waals surface area contributed by atoms with Gasteiger partial charge in [0.1, 0.15) is 11.5 Å². The maximum Gasteiger partial charge on any atom is 0.191 e. The van der Waals surface area contributed by atoms with Gasteiger partial charge in [-0.3, -0.25) is 4.90 Å². The quantitative estimate of drug-likeness (QED) is 0.362. The summed E-state index contributed by atoms with van der Waals surface area (Å²) in [6, 6.07) is 11.9. The molecule has 0 aliphatic carbocycles. The first kappa shape index (κ1) is 21.2. The lowest BCUT2D eigenvalue weighted by molar-refractivity contribution is 0.0376. The van der Waals surface area contributed by atoms with Crippen LogP contribution in [0.2, 0.25) is 0 Å². The van der Waals surface area contributed by atoms with Gasteiger partial charge >= 0.3 is 0 Å². The molecule has 1 aliphatic heterocycles. The summed E-state index contributed by atoms with van der Waals surface area (Å²) in [4.78, 5) is 7.19. The highest BCUT2D eigenvalue weighted by Gasteiger charge is 2.09. The van der Waals surface area contributed by atoms with E-state index >= 15 is 0 Å². The second-order valence-corrected chi connectivity index (χ2v) is 7.00. The van der Waals surface area contributed by atoms with Gasteiger partial charge in [0.15, 0.2) is 5.96 Å². The maximum absolute atomic E-state index is 5.41. The molecule has 2 N–H and O–H groups in total. The lowest BCUT2D eigenvalue weighted by Crippen LogP contribution is -2.41. The Hall–Kier alpha value is -2.51. The average Bonchev–Trinajstić information content (AvgIpc) is 3.29. The van der Waals surface area contributed by atoms with E-state index < -0.39 is 0 Å². The van der Waals surface area contributed by atoms with Gasteiger partial charge in [-0.15, -0.1) is 0 Å². The summed E-state index contributed by atoms with van der Waals surface area (Å²) in [7, 11) is 1.68. The molecule has 1 aromatic heterocycles. The Morgan fingerprint density at radius 2 is 1.90 bits per heavy atom. The Morgan fingerprint density at radius 1 is 1.10 bits per heavy atom. The number of morpholine rings is 1. The first-order chi connectivity index (χ1) is 14.3. The van der Waals surface area contributed by atoms with Crippen molar-refractivity contribution in [2.45, 2.75) is 19.4 Å². The third kappa shape index (κ3) is 7.79. The van der Waals surface area contributed by atoms with Gasteiger partial charge in [0.25, 0.3) is 0 Å². The van der Waals surface area contributed by atoms with Crippen LogP contribution in [0.3, 0.4) is 0 Å². The van der Waals surface area contributed by atoms with Crippen LogP contribution in [0, 0.1) is 0 Å². The molecule has 0 atom stereocenters. The molecule has 29 heavy (non-hydrogen) atoms. The summed E-state index contributed by atoms with van der Waals surface area (Å²) in [5.41, 5.74) is 1.14. The number of ether oxygens (including phenoxy) is 2. The number of rotatable bonds is 10. The molecule has 3 rings (SSSR count). The zero-order valence-corrected chi connectivity index (χ0v) is 17.2. The summed E-state index contributed by atoms with van der Waals surface area (Å²) < 4.78 is 16.0. The molecule has 158 valence electrons. The normalized spacial score (nSPS) is 15.3. The van der Waals surface area contributed by atoms with Crippen molar-refractivity contribution < 1.29 is 13.9 Å². The molecular formula is C22H32N4O3. The number of hydrogen-bond acceptors (Lipinski definition) is 5. The van der Waals surface area contributed by atoms with E-state index in [4.69, 9.17) is 18.9 Å². The van der Waals surface area contributed by atoms with Gasteiger partial charge < -0.3 is 24.5 Å². The molecule has 0 spiro atoms. The standard InChI is InChI=1S/C22H32N4O3/c1-27-20-7-5-19(6-8-20)18-25-22(24-11-9-21-4-2-15-29-21)23-10-3-12-26-13-16-28-17-14-26/h2,4-8,15H,3,9-14,16-18H2,1H3,(H2,23,24,25). The fourth-order valence-electron chi connectivity index (χ4n) is 3.17. The average molecular weight is 401 g/mol. The van der Waals surface area contributed by atoms with Crippen molar-refractivity contribution >= 4 is 5.96 Å². The predicted octanol–water partition coefficient (Wildman–Crippen LogP) is 2.29. The number of nitrogens with one attached hydrogen (secondary N) is 2. The van der Waals surface area contributed by atoms with Gasteiger partial charge in [0, 0.05) is 32.6 Å². The van der Waals surface area contributed by atoms with Crippen LogP contribution in [-0.4, -0.2) is 63.9 Å². The SMILES string of the molecule is COc1ccc(CN=C(NCCCN2CCOCC2)NCCc2ccco2)cc1. The van der Waals surface area contributed by atoms with E-state index in [1.165, 1.54) is 0 Å². The summed E-state index contributed by atoms with van der Waals surface area (Å²) in [5.74, 6) is 2.66. The van der Waals surface area contributed by atoms with Crippen molar-refractivity contribution in [3.63, 3.8) is 0 Å². The minimum Gasteiger partial charge on any atom is -0.497 e. The third-order valence-electron chi connectivity index (χ3n) is 4.87. The third-order valence-corrected chi connectivity index (χ3v) is 4.87. The minimum atomic E-state index is 0.615. The van der Waals surface area contributed by atoms with Gasteiger partial charge in [0.05, 0.1) is 33.1 Å². The van der Waals surface area contributed by atoms with Crippen molar-refractivity contribution in [1.29, 1.82) is 0 Å². The minimum absolute atomic E-state index is 0.615. The number of hydrogen-bond donors (Lipinski definition) is 2. The van der Waals surface area contributed by atoms with Crippen LogP contribution in [0.25, 0.3) is 0 Å². The topological polar surface area (TPSA) is 71.3 Å². The molecule has 7 heteroatoms. The lowest BCUT2D eigenvalue weighted by atomic mass is 10.2. The van der Waals surface area contributed by atoms with Crippen LogP contribution >= 0.6 is 0 Å². The summed E-state index contributed by atoms with van der Waals surface area (Å²) in [5, 5.41) is 6.87. The molecule has 2 aromatic rings. The van der Waals surface area contributed by atoms with E-state index in [9.17, 15) is 0 Å². The van der Waals surface area contributed by atoms with Crippen molar-refractivity contribution in [1.82, 2.24) is 15.5 Å². The number of guanidine groups is 1. The highest BCUT2D eigenvalue weighted by atomic mass is 16.5. The Kier molecular flexibility index (Phi) is 8.88. The first-order valence-electron chi connectivity index (χ1n) is 10.3. The number of methoxy groups -OCH3 is 1. The summed E-state index contributed by atoms with van der Waals surface area (Å²) in [6.07, 6.45) is 3.60. The molecule has 1 fully saturated rings. The number of aliphatic imine (C=N–C) groups is 1. The van der Waals surface area contributed by atoms with Crippen molar-refractivity contribution in [2.24, 2.45) is 4.99 Å². The van der Waals surface area contributed by atoms with Crippen LogP contribution in [0.4, 0.5) is 0 Å². The lowest BCUT2D eigenvalue weighted by Gasteiger charge is -2.26. The van der Waals surface area contributed by atoms with Crippen molar-refractivity contribution in [2.75, 3.05) is 53.0 Å². The van der Waals surface area contributed by atoms with E-state index in [1.54, 1.807) is 13.4 Å². The second-order valence-electron chi connectivity index (χ2n) is 7.00. The molecule has 1 aromatic carbocycles. The Morgan fingerprint density at radius 3 is 2.62 bits per heavy atom. The molecular weight excluding hydrogens is 368 g/mol. The predicted molar refractivity (Wildman–Crippen MR) is 114 cm³/mol. The van der Waals surface area contributed by atoms with E-state index in [0.717, 1.165) is 81.8 Å². The zero-order valence-electron chi connectivity index (χ0n) is 17.2. The monoisotopic (exact) mass is 400 g/mol. The summed E-state index contributed by atoms with van der Waals surface area (Å²) >= 11 is 0. The number of nitrogens with zero attached hydrogens (tertiary/aromatic N) is 2. The highest BCUT2D eigenvalue weighted by Crippen LogP contribution is 2.11. The van der Waals surface area contributed by atoms with E-state index in [-0.39, 0.29) is 0 Å². The Balaban J connectivity index is 1.46. The van der Waals surface area contributed by atoms with Gasteiger partial charge in [-0.1, -0.05) is 12.1 Å². The number of furan rings is 1. The van der Waals surface area contributed by atoms with Crippen molar-refractivity contribution in [3.8, 4) is 5.75 Å². The largest absolute Gasteiger partial charge is 0.497 e. The van der Waals surface area contributed by atoms with Gasteiger partial charge in [-0.2, -0.15) is 0 Å². The molecule has 0 saturated carbocycles. The van der Waals surface area contributed by atoms with Gasteiger partial charge in [-0.05, 0) is 42.8 Å². The van der Waals surface area contributed by atoms with E-state index in [1.807, 2.05) is 36.4 Å². The molecule has 0 unspecified atom stereocenters. The van der Waals surface area contributed by atoms with Crippen LogP contribution < -0.4 is 15.4 Å². The Labute approximate surface area is 173 Å². The molecule has 1 aliphatic rings. The molecule has 0 amide bonds. The van der Waals surface area contributed by atoms with Crippen LogP contribution in [0.5, 0.6) is 5.75 Å².